The molecule has 1 aliphatic heterocycles. The second kappa shape index (κ2) is 6.03. The molecule has 1 aliphatic rings. The lowest BCUT2D eigenvalue weighted by Crippen LogP contribution is -2.30. The van der Waals surface area contributed by atoms with E-state index in [0.29, 0.717) is 5.56 Å². The first-order chi connectivity index (χ1) is 9.40. The number of primary sulfonamides is 1. The Morgan fingerprint density at radius 3 is 2.85 bits per heavy atom. The molecule has 0 aromatic heterocycles. The number of sulfonamides is 1. The number of nitrogens with zero attached hydrogens (tertiary/aromatic N) is 1. The van der Waals surface area contributed by atoms with Crippen molar-refractivity contribution in [2.75, 3.05) is 19.6 Å². The minimum absolute atomic E-state index is 0.0278. The number of halogens is 1. The van der Waals surface area contributed by atoms with Crippen molar-refractivity contribution in [3.63, 3.8) is 0 Å². The van der Waals surface area contributed by atoms with Crippen LogP contribution in [-0.2, 0) is 10.0 Å². The number of hydrogen-bond donors (Lipinski definition) is 1. The topological polar surface area (TPSA) is 63.4 Å². The summed E-state index contributed by atoms with van der Waals surface area (Å²) in [6.07, 6.45) is 3.68. The van der Waals surface area contributed by atoms with Crippen LogP contribution in [0.2, 0.25) is 0 Å². The molecule has 0 aliphatic carbocycles. The Hall–Kier alpha value is -1.24. The van der Waals surface area contributed by atoms with Crippen LogP contribution in [0.25, 0.3) is 6.08 Å². The summed E-state index contributed by atoms with van der Waals surface area (Å²) in [6.45, 7) is 4.86. The molecular weight excluding hydrogens is 279 g/mol. The van der Waals surface area contributed by atoms with E-state index in [0.717, 1.165) is 44.1 Å². The summed E-state index contributed by atoms with van der Waals surface area (Å²) in [6, 6.07) is 3.55. The van der Waals surface area contributed by atoms with E-state index < -0.39 is 15.8 Å². The van der Waals surface area contributed by atoms with Gasteiger partial charge in [-0.05, 0) is 49.7 Å². The first-order valence-corrected chi connectivity index (χ1v) is 8.19. The fourth-order valence-corrected chi connectivity index (χ4v) is 3.18. The second-order valence-electron chi connectivity index (χ2n) is 5.00. The SMILES string of the molecule is CCN1CCC/C(=C\c2cc(F)ccc2S(N)(=O)=O)C1. The lowest BCUT2D eigenvalue weighted by Gasteiger charge is -2.27. The average Bonchev–Trinajstić information content (AvgIpc) is 2.37. The normalized spacial score (nSPS) is 19.4. The predicted molar refractivity (Wildman–Crippen MR) is 77.1 cm³/mol. The molecule has 1 aromatic rings. The lowest BCUT2D eigenvalue weighted by molar-refractivity contribution is 0.280. The highest BCUT2D eigenvalue weighted by atomic mass is 32.2. The molecule has 0 radical (unpaired) electrons. The average molecular weight is 298 g/mol. The number of likely N-dealkylation sites (N-methyl/N-ethyl adjacent to an activating group) is 1. The van der Waals surface area contributed by atoms with Crippen LogP contribution in [0.4, 0.5) is 4.39 Å². The maximum absolute atomic E-state index is 13.4. The zero-order chi connectivity index (χ0) is 14.8. The standard InChI is InChI=1S/C14H19FN2O2S/c1-2-17-7-3-4-11(10-17)8-12-9-13(15)5-6-14(12)20(16,18)19/h5-6,8-9H,2-4,7,10H2,1H3,(H2,16,18,19)/b11-8+. The minimum Gasteiger partial charge on any atom is -0.300 e. The minimum atomic E-state index is -3.84. The van der Waals surface area contributed by atoms with E-state index in [2.05, 4.69) is 11.8 Å². The van der Waals surface area contributed by atoms with Crippen molar-refractivity contribution in [1.82, 2.24) is 4.90 Å². The molecule has 2 rings (SSSR count). The van der Waals surface area contributed by atoms with Crippen LogP contribution in [0.5, 0.6) is 0 Å². The number of hydrogen-bond acceptors (Lipinski definition) is 3. The van der Waals surface area contributed by atoms with Gasteiger partial charge in [0.1, 0.15) is 5.82 Å². The number of piperidine rings is 1. The van der Waals surface area contributed by atoms with Crippen molar-refractivity contribution in [1.29, 1.82) is 0 Å². The number of benzene rings is 1. The number of nitrogens with two attached hydrogens (primary N) is 1. The van der Waals surface area contributed by atoms with Crippen LogP contribution in [0.15, 0.2) is 28.7 Å². The molecule has 6 heteroatoms. The molecule has 0 saturated carbocycles. The summed E-state index contributed by atoms with van der Waals surface area (Å²) in [4.78, 5) is 2.24. The van der Waals surface area contributed by atoms with Gasteiger partial charge in [0.05, 0.1) is 4.90 Å². The Morgan fingerprint density at radius 1 is 1.45 bits per heavy atom. The summed E-state index contributed by atoms with van der Waals surface area (Å²) in [7, 11) is -3.84. The predicted octanol–water partition coefficient (Wildman–Crippen LogP) is 1.97. The van der Waals surface area contributed by atoms with Gasteiger partial charge in [0.25, 0.3) is 0 Å². The third kappa shape index (κ3) is 3.65. The highest BCUT2D eigenvalue weighted by Crippen LogP contribution is 2.23. The molecule has 0 atom stereocenters. The van der Waals surface area contributed by atoms with Gasteiger partial charge in [0.2, 0.25) is 10.0 Å². The Kier molecular flexibility index (Phi) is 4.57. The van der Waals surface area contributed by atoms with Crippen LogP contribution in [-0.4, -0.2) is 33.0 Å². The second-order valence-corrected chi connectivity index (χ2v) is 6.53. The van der Waals surface area contributed by atoms with Crippen LogP contribution in [0.1, 0.15) is 25.3 Å². The van der Waals surface area contributed by atoms with Crippen LogP contribution in [0, 0.1) is 5.82 Å². The van der Waals surface area contributed by atoms with E-state index in [-0.39, 0.29) is 4.90 Å². The molecule has 110 valence electrons. The van der Waals surface area contributed by atoms with Crippen LogP contribution < -0.4 is 5.14 Å². The smallest absolute Gasteiger partial charge is 0.238 e. The van der Waals surface area contributed by atoms with Crippen molar-refractivity contribution in [2.24, 2.45) is 5.14 Å². The summed E-state index contributed by atoms with van der Waals surface area (Å²) < 4.78 is 36.4. The van der Waals surface area contributed by atoms with Gasteiger partial charge >= 0.3 is 0 Å². The van der Waals surface area contributed by atoms with E-state index in [9.17, 15) is 12.8 Å². The number of likely N-dealkylation sites (tertiary alicyclic amines) is 1. The highest BCUT2D eigenvalue weighted by molar-refractivity contribution is 7.89. The van der Waals surface area contributed by atoms with Crippen molar-refractivity contribution < 1.29 is 12.8 Å². The fourth-order valence-electron chi connectivity index (χ4n) is 2.47. The van der Waals surface area contributed by atoms with Crippen molar-refractivity contribution >= 4 is 16.1 Å². The molecular formula is C14H19FN2O2S. The first-order valence-electron chi connectivity index (χ1n) is 6.64. The summed E-state index contributed by atoms with van der Waals surface area (Å²) >= 11 is 0. The van der Waals surface area contributed by atoms with E-state index in [4.69, 9.17) is 5.14 Å². The summed E-state index contributed by atoms with van der Waals surface area (Å²) in [5.74, 6) is -0.465. The Bertz CT molecular complexity index is 626. The van der Waals surface area contributed by atoms with E-state index >= 15 is 0 Å². The van der Waals surface area contributed by atoms with Crippen molar-refractivity contribution in [3.8, 4) is 0 Å². The number of rotatable bonds is 3. The lowest BCUT2D eigenvalue weighted by atomic mass is 10.0. The van der Waals surface area contributed by atoms with Crippen molar-refractivity contribution in [2.45, 2.75) is 24.7 Å². The first kappa shape index (κ1) is 15.2. The van der Waals surface area contributed by atoms with E-state index in [1.807, 2.05) is 0 Å². The molecule has 20 heavy (non-hydrogen) atoms. The largest absolute Gasteiger partial charge is 0.300 e. The molecule has 1 fully saturated rings. The molecule has 2 N–H and O–H groups in total. The van der Waals surface area contributed by atoms with Gasteiger partial charge in [0.15, 0.2) is 0 Å². The fraction of sp³-hybridized carbons (Fsp3) is 0.429. The maximum atomic E-state index is 13.4. The van der Waals surface area contributed by atoms with E-state index in [1.165, 1.54) is 12.1 Å². The van der Waals surface area contributed by atoms with Gasteiger partial charge in [-0.2, -0.15) is 0 Å². The molecule has 1 heterocycles. The third-order valence-electron chi connectivity index (χ3n) is 3.48. The van der Waals surface area contributed by atoms with E-state index in [1.54, 1.807) is 6.08 Å². The Balaban J connectivity index is 2.39. The van der Waals surface area contributed by atoms with Gasteiger partial charge in [-0.3, -0.25) is 4.90 Å². The van der Waals surface area contributed by atoms with Gasteiger partial charge in [-0.25, -0.2) is 17.9 Å². The van der Waals surface area contributed by atoms with Gasteiger partial charge in [-0.15, -0.1) is 0 Å². The Morgan fingerprint density at radius 2 is 2.20 bits per heavy atom. The summed E-state index contributed by atoms with van der Waals surface area (Å²) in [5, 5.41) is 5.18. The highest BCUT2D eigenvalue weighted by Gasteiger charge is 2.16. The monoisotopic (exact) mass is 298 g/mol. The molecule has 0 amide bonds. The van der Waals surface area contributed by atoms with Gasteiger partial charge < -0.3 is 0 Å². The van der Waals surface area contributed by atoms with Crippen molar-refractivity contribution in [3.05, 3.63) is 35.2 Å². The summed E-state index contributed by atoms with van der Waals surface area (Å²) in [5.41, 5.74) is 1.44. The molecule has 0 bridgehead atoms. The zero-order valence-corrected chi connectivity index (χ0v) is 12.3. The third-order valence-corrected chi connectivity index (χ3v) is 4.47. The Labute approximate surface area is 119 Å². The van der Waals surface area contributed by atoms with Gasteiger partial charge in [-0.1, -0.05) is 18.6 Å². The molecule has 1 saturated heterocycles. The van der Waals surface area contributed by atoms with Crippen LogP contribution >= 0.6 is 0 Å². The molecule has 1 aromatic carbocycles. The maximum Gasteiger partial charge on any atom is 0.238 e. The molecule has 0 spiro atoms. The molecule has 4 nitrogen and oxygen atoms in total. The van der Waals surface area contributed by atoms with Crippen LogP contribution in [0.3, 0.4) is 0 Å². The zero-order valence-electron chi connectivity index (χ0n) is 11.5. The quantitative estimate of drug-likeness (QED) is 0.928. The van der Waals surface area contributed by atoms with Gasteiger partial charge in [0, 0.05) is 6.54 Å². The molecule has 0 unspecified atom stereocenters.